The number of carbonyl (C=O) groups excluding carboxylic acids is 1. The summed E-state index contributed by atoms with van der Waals surface area (Å²) in [5.41, 5.74) is 0. The Balaban J connectivity index is 3.37. The molecular weight excluding hydrogens is 208 g/mol. The van der Waals surface area contributed by atoms with Crippen molar-refractivity contribution >= 4 is 5.91 Å². The smallest absolute Gasteiger partial charge is 0.223 e. The van der Waals surface area contributed by atoms with Crippen molar-refractivity contribution in [2.45, 2.75) is 19.4 Å². The maximum Gasteiger partial charge on any atom is 0.223 e. The summed E-state index contributed by atoms with van der Waals surface area (Å²) in [5, 5.41) is 3.23. The highest BCUT2D eigenvalue weighted by atomic mass is 16.5. The van der Waals surface area contributed by atoms with Crippen LogP contribution in [0.3, 0.4) is 0 Å². The number of nitrogens with one attached hydrogen (secondary N) is 1. The molecule has 5 heteroatoms. The molecule has 0 aliphatic heterocycles. The lowest BCUT2D eigenvalue weighted by Crippen LogP contribution is -2.35. The van der Waals surface area contributed by atoms with Gasteiger partial charge in [0, 0.05) is 40.2 Å². The highest BCUT2D eigenvalue weighted by Crippen LogP contribution is 1.93. The average molecular weight is 232 g/mol. The number of amides is 1. The first kappa shape index (κ1) is 15.3. The largest absolute Gasteiger partial charge is 0.382 e. The number of hydrogen-bond acceptors (Lipinski definition) is 4. The van der Waals surface area contributed by atoms with Crippen molar-refractivity contribution < 1.29 is 14.3 Å². The predicted molar refractivity (Wildman–Crippen MR) is 63.5 cm³/mol. The van der Waals surface area contributed by atoms with E-state index in [2.05, 4.69) is 5.32 Å². The fourth-order valence-corrected chi connectivity index (χ4v) is 1.14. The van der Waals surface area contributed by atoms with Crippen LogP contribution in [0.2, 0.25) is 0 Å². The minimum absolute atomic E-state index is 0.139. The summed E-state index contributed by atoms with van der Waals surface area (Å²) < 4.78 is 10.1. The first-order valence-electron chi connectivity index (χ1n) is 5.58. The number of rotatable bonds is 9. The van der Waals surface area contributed by atoms with Crippen LogP contribution in [0, 0.1) is 0 Å². The van der Waals surface area contributed by atoms with Crippen LogP contribution in [0.4, 0.5) is 0 Å². The second-order valence-electron chi connectivity index (χ2n) is 3.95. The summed E-state index contributed by atoms with van der Waals surface area (Å²) in [7, 11) is 5.18. The average Bonchev–Trinajstić information content (AvgIpc) is 2.23. The molecule has 0 spiro atoms. The molecule has 96 valence electrons. The summed E-state index contributed by atoms with van der Waals surface area (Å²) in [5.74, 6) is 0.139. The Morgan fingerprint density at radius 3 is 2.56 bits per heavy atom. The first-order chi connectivity index (χ1) is 7.57. The molecule has 0 bridgehead atoms. The second kappa shape index (κ2) is 9.57. The Kier molecular flexibility index (Phi) is 9.18. The molecule has 0 radical (unpaired) electrons. The van der Waals surface area contributed by atoms with Crippen LogP contribution >= 0.6 is 0 Å². The molecule has 0 aliphatic carbocycles. The van der Waals surface area contributed by atoms with Gasteiger partial charge in [-0.1, -0.05) is 0 Å². The van der Waals surface area contributed by atoms with E-state index in [4.69, 9.17) is 9.47 Å². The Morgan fingerprint density at radius 2 is 2.00 bits per heavy atom. The number of carbonyl (C=O) groups is 1. The standard InChI is InChI=1S/C11H24N2O3/c1-10(9-11(14)13(2)3)12-5-6-16-8-7-15-4/h10,12H,5-9H2,1-4H3. The van der Waals surface area contributed by atoms with Gasteiger partial charge in [0.1, 0.15) is 0 Å². The molecule has 0 aliphatic rings. The SMILES string of the molecule is COCCOCCNC(C)CC(=O)N(C)C. The third kappa shape index (κ3) is 8.64. The molecule has 0 aromatic rings. The lowest BCUT2D eigenvalue weighted by Gasteiger charge is -2.16. The Morgan fingerprint density at radius 1 is 1.31 bits per heavy atom. The van der Waals surface area contributed by atoms with Crippen LogP contribution in [-0.4, -0.2) is 64.4 Å². The van der Waals surface area contributed by atoms with Gasteiger partial charge in [0.25, 0.3) is 0 Å². The number of ether oxygens (including phenoxy) is 2. The minimum Gasteiger partial charge on any atom is -0.382 e. The van der Waals surface area contributed by atoms with Gasteiger partial charge < -0.3 is 19.7 Å². The van der Waals surface area contributed by atoms with Crippen molar-refractivity contribution in [3.05, 3.63) is 0 Å². The molecule has 1 atom stereocenters. The minimum atomic E-state index is 0.139. The molecular formula is C11H24N2O3. The van der Waals surface area contributed by atoms with E-state index in [1.807, 2.05) is 6.92 Å². The molecule has 0 saturated heterocycles. The van der Waals surface area contributed by atoms with Gasteiger partial charge in [-0.3, -0.25) is 4.79 Å². The third-order valence-electron chi connectivity index (χ3n) is 2.15. The van der Waals surface area contributed by atoms with E-state index in [0.717, 1.165) is 6.54 Å². The van der Waals surface area contributed by atoms with Crippen LogP contribution in [0.1, 0.15) is 13.3 Å². The molecule has 0 saturated carbocycles. The molecule has 0 aromatic heterocycles. The van der Waals surface area contributed by atoms with E-state index in [1.54, 1.807) is 26.1 Å². The third-order valence-corrected chi connectivity index (χ3v) is 2.15. The zero-order chi connectivity index (χ0) is 12.4. The molecule has 1 amide bonds. The maximum atomic E-state index is 11.4. The van der Waals surface area contributed by atoms with Gasteiger partial charge in [-0.2, -0.15) is 0 Å². The molecule has 1 unspecified atom stereocenters. The van der Waals surface area contributed by atoms with E-state index in [-0.39, 0.29) is 11.9 Å². The van der Waals surface area contributed by atoms with E-state index in [9.17, 15) is 4.79 Å². The molecule has 0 heterocycles. The van der Waals surface area contributed by atoms with E-state index >= 15 is 0 Å². The quantitative estimate of drug-likeness (QED) is 0.573. The lowest BCUT2D eigenvalue weighted by atomic mass is 10.2. The summed E-state index contributed by atoms with van der Waals surface area (Å²) in [4.78, 5) is 13.0. The number of nitrogens with zero attached hydrogens (tertiary/aromatic N) is 1. The topological polar surface area (TPSA) is 50.8 Å². The summed E-state index contributed by atoms with van der Waals surface area (Å²) in [6.07, 6.45) is 0.519. The second-order valence-corrected chi connectivity index (χ2v) is 3.95. The zero-order valence-corrected chi connectivity index (χ0v) is 10.8. The predicted octanol–water partition coefficient (Wildman–Crippen LogP) is 0.106. The molecule has 0 fully saturated rings. The van der Waals surface area contributed by atoms with Gasteiger partial charge >= 0.3 is 0 Å². The highest BCUT2D eigenvalue weighted by Gasteiger charge is 2.09. The normalized spacial score (nSPS) is 12.5. The monoisotopic (exact) mass is 232 g/mol. The number of hydrogen-bond donors (Lipinski definition) is 1. The molecule has 0 aromatic carbocycles. The lowest BCUT2D eigenvalue weighted by molar-refractivity contribution is -0.129. The van der Waals surface area contributed by atoms with E-state index < -0.39 is 0 Å². The van der Waals surface area contributed by atoms with Gasteiger partial charge in [0.05, 0.1) is 19.8 Å². The Labute approximate surface area is 98.1 Å². The van der Waals surface area contributed by atoms with Crippen molar-refractivity contribution in [3.8, 4) is 0 Å². The van der Waals surface area contributed by atoms with E-state index in [0.29, 0.717) is 26.2 Å². The van der Waals surface area contributed by atoms with E-state index in [1.165, 1.54) is 0 Å². The highest BCUT2D eigenvalue weighted by molar-refractivity contribution is 5.76. The van der Waals surface area contributed by atoms with Gasteiger partial charge in [-0.25, -0.2) is 0 Å². The zero-order valence-electron chi connectivity index (χ0n) is 10.8. The Hall–Kier alpha value is -0.650. The van der Waals surface area contributed by atoms with Crippen molar-refractivity contribution in [3.63, 3.8) is 0 Å². The molecule has 1 N–H and O–H groups in total. The van der Waals surface area contributed by atoms with Crippen LogP contribution in [0.15, 0.2) is 0 Å². The van der Waals surface area contributed by atoms with Crippen molar-refractivity contribution in [2.75, 3.05) is 47.6 Å². The summed E-state index contributed by atoms with van der Waals surface area (Å²) in [6, 6.07) is 0.181. The van der Waals surface area contributed by atoms with Crippen LogP contribution in [0.5, 0.6) is 0 Å². The van der Waals surface area contributed by atoms with Crippen molar-refractivity contribution in [2.24, 2.45) is 0 Å². The first-order valence-corrected chi connectivity index (χ1v) is 5.58. The van der Waals surface area contributed by atoms with Crippen LogP contribution in [0.25, 0.3) is 0 Å². The Bertz CT molecular complexity index is 186. The fourth-order valence-electron chi connectivity index (χ4n) is 1.14. The summed E-state index contributed by atoms with van der Waals surface area (Å²) >= 11 is 0. The maximum absolute atomic E-state index is 11.4. The summed E-state index contributed by atoms with van der Waals surface area (Å²) in [6.45, 7) is 4.63. The van der Waals surface area contributed by atoms with Crippen molar-refractivity contribution in [1.29, 1.82) is 0 Å². The van der Waals surface area contributed by atoms with Crippen LogP contribution < -0.4 is 5.32 Å². The number of methoxy groups -OCH3 is 1. The van der Waals surface area contributed by atoms with Gasteiger partial charge in [-0.15, -0.1) is 0 Å². The van der Waals surface area contributed by atoms with Crippen molar-refractivity contribution in [1.82, 2.24) is 10.2 Å². The van der Waals surface area contributed by atoms with Gasteiger partial charge in [-0.05, 0) is 6.92 Å². The van der Waals surface area contributed by atoms with Gasteiger partial charge in [0.15, 0.2) is 0 Å². The fraction of sp³-hybridized carbons (Fsp3) is 0.909. The molecule has 16 heavy (non-hydrogen) atoms. The molecule has 5 nitrogen and oxygen atoms in total. The van der Waals surface area contributed by atoms with Crippen LogP contribution in [-0.2, 0) is 14.3 Å². The molecule has 0 rings (SSSR count). The van der Waals surface area contributed by atoms with Gasteiger partial charge in [0.2, 0.25) is 5.91 Å².